The molecule has 1 saturated carbocycles. The fourth-order valence-electron chi connectivity index (χ4n) is 3.64. The minimum absolute atomic E-state index is 0.119. The minimum atomic E-state index is -0.665. The second-order valence-electron chi connectivity index (χ2n) is 6.77. The lowest BCUT2D eigenvalue weighted by molar-refractivity contribution is -0.121. The van der Waals surface area contributed by atoms with Crippen LogP contribution in [-0.2, 0) is 14.9 Å². The van der Waals surface area contributed by atoms with Gasteiger partial charge in [0.25, 0.3) is 0 Å². The third kappa shape index (κ3) is 3.34. The molecule has 0 spiro atoms. The zero-order valence-corrected chi connectivity index (χ0v) is 15.0. The fraction of sp³-hybridized carbons (Fsp3) is 0.333. The Balaban J connectivity index is 1.92. The average Bonchev–Trinajstić information content (AvgIpc) is 3.14. The Morgan fingerprint density at radius 1 is 1.08 bits per heavy atom. The van der Waals surface area contributed by atoms with E-state index >= 15 is 0 Å². The number of amides is 1. The number of halogens is 1. The molecule has 5 heteroatoms. The molecule has 1 aliphatic rings. The number of aryl methyl sites for hydroxylation is 1. The van der Waals surface area contributed by atoms with Gasteiger partial charge in [-0.05, 0) is 55.2 Å². The van der Waals surface area contributed by atoms with Gasteiger partial charge in [-0.3, -0.25) is 4.79 Å². The fourth-order valence-corrected chi connectivity index (χ4v) is 3.64. The molecule has 3 rings (SSSR count). The molecule has 0 atom stereocenters. The Bertz CT molecular complexity index is 824. The summed E-state index contributed by atoms with van der Waals surface area (Å²) in [5.41, 5.74) is 2.00. The lowest BCUT2D eigenvalue weighted by atomic mass is 9.78. The van der Waals surface area contributed by atoms with Gasteiger partial charge in [-0.1, -0.05) is 31.0 Å². The van der Waals surface area contributed by atoms with Gasteiger partial charge in [0.2, 0.25) is 5.91 Å². The van der Waals surface area contributed by atoms with Crippen molar-refractivity contribution in [3.8, 4) is 0 Å². The van der Waals surface area contributed by atoms with E-state index in [0.717, 1.165) is 36.8 Å². The zero-order chi connectivity index (χ0) is 18.7. The highest BCUT2D eigenvalue weighted by Crippen LogP contribution is 2.42. The summed E-state index contributed by atoms with van der Waals surface area (Å²) in [4.78, 5) is 25.0. The van der Waals surface area contributed by atoms with Crippen LogP contribution in [0.4, 0.5) is 10.1 Å². The van der Waals surface area contributed by atoms with Gasteiger partial charge in [-0.25, -0.2) is 9.18 Å². The summed E-state index contributed by atoms with van der Waals surface area (Å²) < 4.78 is 18.1. The van der Waals surface area contributed by atoms with E-state index in [4.69, 9.17) is 4.74 Å². The molecule has 0 aromatic heterocycles. The number of hydrogen-bond donors (Lipinski definition) is 1. The summed E-state index contributed by atoms with van der Waals surface area (Å²) in [6, 6.07) is 11.3. The molecular weight excluding hydrogens is 333 g/mol. The lowest BCUT2D eigenvalue weighted by Gasteiger charge is -2.28. The highest BCUT2D eigenvalue weighted by molar-refractivity contribution is 6.01. The van der Waals surface area contributed by atoms with E-state index < -0.39 is 11.4 Å². The molecule has 1 fully saturated rings. The van der Waals surface area contributed by atoms with Crippen LogP contribution in [0.15, 0.2) is 42.5 Å². The number of esters is 1. The Kier molecular flexibility index (Phi) is 5.07. The first-order valence-electron chi connectivity index (χ1n) is 8.73. The average molecular weight is 355 g/mol. The molecule has 0 radical (unpaired) electrons. The second kappa shape index (κ2) is 7.28. The highest BCUT2D eigenvalue weighted by Gasteiger charge is 2.42. The van der Waals surface area contributed by atoms with Gasteiger partial charge >= 0.3 is 5.97 Å². The maximum Gasteiger partial charge on any atom is 0.337 e. The van der Waals surface area contributed by atoms with E-state index in [1.807, 2.05) is 6.92 Å². The Morgan fingerprint density at radius 3 is 2.35 bits per heavy atom. The maximum atomic E-state index is 13.3. The normalized spacial score (nSPS) is 15.5. The van der Waals surface area contributed by atoms with Crippen LogP contribution in [0.3, 0.4) is 0 Å². The molecule has 136 valence electrons. The first-order chi connectivity index (χ1) is 12.5. The van der Waals surface area contributed by atoms with Gasteiger partial charge < -0.3 is 10.1 Å². The molecule has 2 aromatic carbocycles. The van der Waals surface area contributed by atoms with Gasteiger partial charge in [0.05, 0.1) is 18.1 Å². The number of nitrogens with one attached hydrogen (secondary N) is 1. The maximum absolute atomic E-state index is 13.3. The van der Waals surface area contributed by atoms with Crippen LogP contribution >= 0.6 is 0 Å². The molecule has 26 heavy (non-hydrogen) atoms. The number of ether oxygens (including phenoxy) is 1. The molecule has 1 amide bonds. The van der Waals surface area contributed by atoms with Crippen LogP contribution in [0.5, 0.6) is 0 Å². The van der Waals surface area contributed by atoms with Crippen molar-refractivity contribution in [1.82, 2.24) is 0 Å². The summed E-state index contributed by atoms with van der Waals surface area (Å²) in [7, 11) is 1.32. The molecule has 0 unspecified atom stereocenters. The number of anilines is 1. The number of rotatable bonds is 4. The standard InChI is InChI=1S/C21H22FNO3/c1-14-5-6-15(19(24)26-2)13-18(14)23-20(25)21(11-3-4-12-21)16-7-9-17(22)10-8-16/h5-10,13H,3-4,11-12H2,1-2H3,(H,23,25). The quantitative estimate of drug-likeness (QED) is 0.829. The van der Waals surface area contributed by atoms with Crippen LogP contribution in [0.25, 0.3) is 0 Å². The monoisotopic (exact) mass is 355 g/mol. The highest BCUT2D eigenvalue weighted by atomic mass is 19.1. The first-order valence-corrected chi connectivity index (χ1v) is 8.73. The predicted octanol–water partition coefficient (Wildman–Crippen LogP) is 4.37. The summed E-state index contributed by atoms with van der Waals surface area (Å²) in [6.45, 7) is 1.87. The van der Waals surface area contributed by atoms with E-state index in [0.29, 0.717) is 11.3 Å². The number of carbonyl (C=O) groups is 2. The minimum Gasteiger partial charge on any atom is -0.465 e. The topological polar surface area (TPSA) is 55.4 Å². The van der Waals surface area contributed by atoms with Gasteiger partial charge in [0, 0.05) is 5.69 Å². The molecule has 0 bridgehead atoms. The summed E-state index contributed by atoms with van der Waals surface area (Å²) in [6.07, 6.45) is 3.35. The number of benzene rings is 2. The third-order valence-electron chi connectivity index (χ3n) is 5.20. The number of hydrogen-bond acceptors (Lipinski definition) is 3. The molecule has 1 aliphatic carbocycles. The molecule has 0 saturated heterocycles. The van der Waals surface area contributed by atoms with Crippen LogP contribution in [-0.4, -0.2) is 19.0 Å². The smallest absolute Gasteiger partial charge is 0.337 e. The molecule has 2 aromatic rings. The van der Waals surface area contributed by atoms with Crippen LogP contribution in [0, 0.1) is 12.7 Å². The van der Waals surface area contributed by atoms with Gasteiger partial charge in [0.15, 0.2) is 0 Å². The van der Waals surface area contributed by atoms with E-state index in [2.05, 4.69) is 5.32 Å². The van der Waals surface area contributed by atoms with Crippen molar-refractivity contribution in [2.24, 2.45) is 0 Å². The first kappa shape index (κ1) is 18.1. The summed E-state index contributed by atoms with van der Waals surface area (Å²) in [5.74, 6) is -0.884. The van der Waals surface area contributed by atoms with Crippen molar-refractivity contribution < 1.29 is 18.7 Å². The summed E-state index contributed by atoms with van der Waals surface area (Å²) in [5, 5.41) is 2.98. The van der Waals surface area contributed by atoms with Crippen LogP contribution < -0.4 is 5.32 Å². The van der Waals surface area contributed by atoms with E-state index in [1.54, 1.807) is 30.3 Å². The summed E-state index contributed by atoms with van der Waals surface area (Å²) >= 11 is 0. The van der Waals surface area contributed by atoms with Crippen molar-refractivity contribution in [3.63, 3.8) is 0 Å². The van der Waals surface area contributed by atoms with Gasteiger partial charge in [0.1, 0.15) is 5.82 Å². The van der Waals surface area contributed by atoms with E-state index in [-0.39, 0.29) is 11.7 Å². The van der Waals surface area contributed by atoms with Gasteiger partial charge in [-0.15, -0.1) is 0 Å². The molecule has 0 heterocycles. The Labute approximate surface area is 152 Å². The van der Waals surface area contributed by atoms with Crippen molar-refractivity contribution in [2.45, 2.75) is 38.0 Å². The largest absolute Gasteiger partial charge is 0.465 e. The van der Waals surface area contributed by atoms with Crippen LogP contribution in [0.1, 0.15) is 47.2 Å². The van der Waals surface area contributed by atoms with E-state index in [1.165, 1.54) is 19.2 Å². The van der Waals surface area contributed by atoms with E-state index in [9.17, 15) is 14.0 Å². The second-order valence-corrected chi connectivity index (χ2v) is 6.77. The molecular formula is C21H22FNO3. The van der Waals surface area contributed by atoms with Crippen molar-refractivity contribution in [2.75, 3.05) is 12.4 Å². The van der Waals surface area contributed by atoms with Gasteiger partial charge in [-0.2, -0.15) is 0 Å². The van der Waals surface area contributed by atoms with Crippen molar-refractivity contribution in [3.05, 3.63) is 65.0 Å². The molecule has 4 nitrogen and oxygen atoms in total. The Morgan fingerprint density at radius 2 is 1.73 bits per heavy atom. The molecule has 1 N–H and O–H groups in total. The number of carbonyl (C=O) groups excluding carboxylic acids is 2. The SMILES string of the molecule is COC(=O)c1ccc(C)c(NC(=O)C2(c3ccc(F)cc3)CCCC2)c1. The predicted molar refractivity (Wildman–Crippen MR) is 97.7 cm³/mol. The van der Waals surface area contributed by atoms with Crippen LogP contribution in [0.2, 0.25) is 0 Å². The zero-order valence-electron chi connectivity index (χ0n) is 15.0. The molecule has 0 aliphatic heterocycles. The Hall–Kier alpha value is -2.69. The van der Waals surface area contributed by atoms with Crippen molar-refractivity contribution in [1.29, 1.82) is 0 Å². The number of methoxy groups -OCH3 is 1. The van der Waals surface area contributed by atoms with Crippen molar-refractivity contribution >= 4 is 17.6 Å². The lowest BCUT2D eigenvalue weighted by Crippen LogP contribution is -2.38. The third-order valence-corrected chi connectivity index (χ3v) is 5.20.